The van der Waals surface area contributed by atoms with Crippen LogP contribution < -0.4 is 20.1 Å². The monoisotopic (exact) mass is 546 g/mol. The maximum absolute atomic E-state index is 13.8. The van der Waals surface area contributed by atoms with E-state index in [0.29, 0.717) is 40.5 Å². The molecule has 0 fully saturated rings. The number of benzene rings is 3. The summed E-state index contributed by atoms with van der Waals surface area (Å²) in [5.74, 6) is -0.694. The Morgan fingerprint density at radius 2 is 1.65 bits per heavy atom. The largest absolute Gasteiger partial charge is 0.454 e. The van der Waals surface area contributed by atoms with Crippen LogP contribution in [0.1, 0.15) is 48.3 Å². The van der Waals surface area contributed by atoms with Gasteiger partial charge in [0.25, 0.3) is 5.91 Å². The third kappa shape index (κ3) is 4.61. The number of allylic oxidation sites excluding steroid dienone is 3. The first-order valence-corrected chi connectivity index (χ1v) is 12.9. The summed E-state index contributed by atoms with van der Waals surface area (Å²) in [5.41, 5.74) is 2.11. The molecule has 0 aromatic heterocycles. The van der Waals surface area contributed by atoms with E-state index in [-0.39, 0.29) is 36.2 Å². The van der Waals surface area contributed by atoms with Crippen molar-refractivity contribution in [3.8, 4) is 11.5 Å². The Balaban J connectivity index is 1.43. The van der Waals surface area contributed by atoms with Crippen LogP contribution in [-0.4, -0.2) is 18.5 Å². The van der Waals surface area contributed by atoms with E-state index in [1.165, 1.54) is 18.2 Å². The van der Waals surface area contributed by atoms with Crippen LogP contribution >= 0.6 is 0 Å². The van der Waals surface area contributed by atoms with Gasteiger partial charge in [0.05, 0.1) is 11.3 Å². The molecule has 2 heterocycles. The number of ether oxygens (including phenoxy) is 2. The number of para-hydroxylation sites is 1. The van der Waals surface area contributed by atoms with E-state index in [1.54, 1.807) is 25.1 Å². The molecule has 40 heavy (non-hydrogen) atoms. The molecule has 2 aliphatic heterocycles. The number of carbonyl (C=O) groups is 2. The van der Waals surface area contributed by atoms with E-state index >= 15 is 0 Å². The van der Waals surface area contributed by atoms with Gasteiger partial charge in [-0.2, -0.15) is 13.2 Å². The van der Waals surface area contributed by atoms with Crippen molar-refractivity contribution in [3.05, 3.63) is 112 Å². The van der Waals surface area contributed by atoms with Crippen LogP contribution in [0.5, 0.6) is 11.5 Å². The molecule has 2 N–H and O–H groups in total. The normalized spacial score (nSPS) is 20.2. The minimum atomic E-state index is -4.66. The maximum atomic E-state index is 13.8. The summed E-state index contributed by atoms with van der Waals surface area (Å²) < 4.78 is 52.0. The molecular weight excluding hydrogens is 521 g/mol. The highest BCUT2D eigenvalue weighted by Crippen LogP contribution is 2.47. The molecule has 0 saturated carbocycles. The van der Waals surface area contributed by atoms with Gasteiger partial charge in [0, 0.05) is 34.9 Å². The van der Waals surface area contributed by atoms with Crippen molar-refractivity contribution in [2.45, 2.75) is 37.8 Å². The second-order valence-corrected chi connectivity index (χ2v) is 10.0. The fraction of sp³-hybridized carbons (Fsp3) is 0.226. The molecular formula is C31H25F3N2O4. The third-order valence-electron chi connectivity index (χ3n) is 7.55. The summed E-state index contributed by atoms with van der Waals surface area (Å²) in [6, 6.07) is 19.8. The standard InChI is InChI=1S/C31H25F3N2O4/c1-17-27(30(38)36-22-10-6-5-9-21(22)31(32,33)34)28(19-11-12-25-26(15-19)40-16-39-25)29-23(35-17)13-20(14-24(29)37)18-7-3-2-4-8-18/h2-12,15,20,28,35H,13-14,16H2,1H3,(H,36,38)/t20-,28-/m1/s1. The summed E-state index contributed by atoms with van der Waals surface area (Å²) in [4.78, 5) is 27.6. The number of alkyl halides is 3. The van der Waals surface area contributed by atoms with Crippen LogP contribution in [-0.2, 0) is 15.8 Å². The Bertz CT molecular complexity index is 1580. The molecule has 3 aromatic carbocycles. The van der Waals surface area contributed by atoms with Crippen LogP contribution in [0.4, 0.5) is 18.9 Å². The van der Waals surface area contributed by atoms with Gasteiger partial charge < -0.3 is 20.1 Å². The molecule has 1 amide bonds. The quantitative estimate of drug-likeness (QED) is 0.394. The Labute approximate surface area is 228 Å². The first-order chi connectivity index (χ1) is 19.2. The molecule has 6 nitrogen and oxygen atoms in total. The van der Waals surface area contributed by atoms with Crippen molar-refractivity contribution in [1.29, 1.82) is 0 Å². The molecule has 2 atom stereocenters. The average molecular weight is 547 g/mol. The molecule has 1 aliphatic carbocycles. The van der Waals surface area contributed by atoms with Gasteiger partial charge in [-0.25, -0.2) is 0 Å². The Morgan fingerprint density at radius 3 is 2.42 bits per heavy atom. The molecule has 0 saturated heterocycles. The lowest BCUT2D eigenvalue weighted by Gasteiger charge is -2.37. The van der Waals surface area contributed by atoms with E-state index in [9.17, 15) is 22.8 Å². The summed E-state index contributed by atoms with van der Waals surface area (Å²) >= 11 is 0. The zero-order valence-corrected chi connectivity index (χ0v) is 21.5. The van der Waals surface area contributed by atoms with Crippen LogP contribution in [0.3, 0.4) is 0 Å². The first-order valence-electron chi connectivity index (χ1n) is 12.9. The number of dihydropyridines is 1. The molecule has 9 heteroatoms. The minimum absolute atomic E-state index is 0.0424. The van der Waals surface area contributed by atoms with Crippen LogP contribution in [0.2, 0.25) is 0 Å². The molecule has 3 aromatic rings. The van der Waals surface area contributed by atoms with Gasteiger partial charge in [-0.3, -0.25) is 9.59 Å². The minimum Gasteiger partial charge on any atom is -0.454 e. The lowest BCUT2D eigenvalue weighted by molar-refractivity contribution is -0.137. The van der Waals surface area contributed by atoms with Crippen molar-refractivity contribution in [2.75, 3.05) is 12.1 Å². The fourth-order valence-electron chi connectivity index (χ4n) is 5.76. The van der Waals surface area contributed by atoms with Crippen molar-refractivity contribution in [2.24, 2.45) is 0 Å². The van der Waals surface area contributed by atoms with Crippen molar-refractivity contribution >= 4 is 17.4 Å². The number of ketones is 1. The van der Waals surface area contributed by atoms with Crippen molar-refractivity contribution in [1.82, 2.24) is 5.32 Å². The first kappa shape index (κ1) is 25.7. The van der Waals surface area contributed by atoms with Gasteiger partial charge in [0.2, 0.25) is 6.79 Å². The fourth-order valence-corrected chi connectivity index (χ4v) is 5.76. The van der Waals surface area contributed by atoms with Crippen molar-refractivity contribution < 1.29 is 32.2 Å². The molecule has 3 aliphatic rings. The molecule has 204 valence electrons. The zero-order chi connectivity index (χ0) is 28.0. The average Bonchev–Trinajstić information content (AvgIpc) is 3.40. The predicted molar refractivity (Wildman–Crippen MR) is 142 cm³/mol. The highest BCUT2D eigenvalue weighted by molar-refractivity contribution is 6.10. The van der Waals surface area contributed by atoms with Gasteiger partial charge in [-0.05, 0) is 54.7 Å². The highest BCUT2D eigenvalue weighted by Gasteiger charge is 2.42. The van der Waals surface area contributed by atoms with Gasteiger partial charge in [-0.15, -0.1) is 0 Å². The van der Waals surface area contributed by atoms with Crippen LogP contribution in [0, 0.1) is 0 Å². The van der Waals surface area contributed by atoms with E-state index in [2.05, 4.69) is 10.6 Å². The number of hydrogen-bond acceptors (Lipinski definition) is 5. The number of carbonyl (C=O) groups excluding carboxylic acids is 2. The lowest BCUT2D eigenvalue weighted by atomic mass is 9.71. The second-order valence-electron chi connectivity index (χ2n) is 10.0. The number of halogens is 3. The molecule has 0 bridgehead atoms. The Morgan fingerprint density at radius 1 is 0.925 bits per heavy atom. The van der Waals surface area contributed by atoms with Gasteiger partial charge in [-0.1, -0.05) is 48.5 Å². The topological polar surface area (TPSA) is 76.7 Å². The Hall–Kier alpha value is -4.53. The van der Waals surface area contributed by atoms with Gasteiger partial charge >= 0.3 is 6.18 Å². The molecule has 6 rings (SSSR count). The van der Waals surface area contributed by atoms with E-state index < -0.39 is 23.6 Å². The van der Waals surface area contributed by atoms with Crippen molar-refractivity contribution in [3.63, 3.8) is 0 Å². The molecule has 0 unspecified atom stereocenters. The number of amides is 1. The van der Waals surface area contributed by atoms with E-state index in [0.717, 1.165) is 11.6 Å². The lowest BCUT2D eigenvalue weighted by Crippen LogP contribution is -2.37. The Kier molecular flexibility index (Phi) is 6.37. The smallest absolute Gasteiger partial charge is 0.418 e. The molecule has 0 spiro atoms. The third-order valence-corrected chi connectivity index (χ3v) is 7.55. The van der Waals surface area contributed by atoms with Crippen LogP contribution in [0.15, 0.2) is 95.3 Å². The maximum Gasteiger partial charge on any atom is 0.418 e. The van der Waals surface area contributed by atoms with Crippen LogP contribution in [0.25, 0.3) is 0 Å². The highest BCUT2D eigenvalue weighted by atomic mass is 19.4. The van der Waals surface area contributed by atoms with Gasteiger partial charge in [0.1, 0.15) is 0 Å². The number of anilines is 1. The number of Topliss-reactive ketones (excluding diaryl/α,β-unsaturated/α-hetero) is 1. The van der Waals surface area contributed by atoms with Gasteiger partial charge in [0.15, 0.2) is 17.3 Å². The summed E-state index contributed by atoms with van der Waals surface area (Å²) in [6.07, 6.45) is -3.86. The molecule has 0 radical (unpaired) electrons. The second kappa shape index (κ2) is 9.89. The summed E-state index contributed by atoms with van der Waals surface area (Å²) in [5, 5.41) is 5.73. The van der Waals surface area contributed by atoms with E-state index in [1.807, 2.05) is 30.3 Å². The van der Waals surface area contributed by atoms with E-state index in [4.69, 9.17) is 9.47 Å². The SMILES string of the molecule is CC1=C(C(=O)Nc2ccccc2C(F)(F)F)[C@@H](c2ccc3c(c2)OCO3)C2=C(C[C@@H](c3ccccc3)CC2=O)N1. The number of fused-ring (bicyclic) bond motifs is 1. The predicted octanol–water partition coefficient (Wildman–Crippen LogP) is 6.43. The summed E-state index contributed by atoms with van der Waals surface area (Å²) in [6.45, 7) is 1.75. The number of rotatable bonds is 4. The summed E-state index contributed by atoms with van der Waals surface area (Å²) in [7, 11) is 0. The number of hydrogen-bond donors (Lipinski definition) is 2. The zero-order valence-electron chi connectivity index (χ0n) is 21.5. The number of nitrogens with one attached hydrogen (secondary N) is 2.